The minimum absolute atomic E-state index is 0.188. The zero-order chi connectivity index (χ0) is 28.4. The zero-order valence-electron chi connectivity index (χ0n) is 23.1. The number of hydrogen-bond donors (Lipinski definition) is 2. The monoisotopic (exact) mass is 546 g/mol. The van der Waals surface area contributed by atoms with Crippen molar-refractivity contribution in [3.05, 3.63) is 126 Å². The van der Waals surface area contributed by atoms with Crippen LogP contribution in [-0.2, 0) is 11.3 Å². The van der Waals surface area contributed by atoms with Gasteiger partial charge in [-0.3, -0.25) is 9.59 Å². The summed E-state index contributed by atoms with van der Waals surface area (Å²) in [6, 6.07) is 33.0. The third kappa shape index (κ3) is 7.13. The number of hydrogen-bond acceptors (Lipinski definition) is 5. The lowest BCUT2D eigenvalue weighted by Gasteiger charge is -2.38. The van der Waals surface area contributed by atoms with Gasteiger partial charge in [0.25, 0.3) is 5.91 Å². The number of para-hydroxylation sites is 2. The van der Waals surface area contributed by atoms with Crippen LogP contribution in [0.25, 0.3) is 6.08 Å². The van der Waals surface area contributed by atoms with Crippen molar-refractivity contribution in [2.75, 3.05) is 48.4 Å². The van der Waals surface area contributed by atoms with Gasteiger partial charge in [-0.1, -0.05) is 72.8 Å². The fraction of sp³-hybridized carbons (Fsp3) is 0.176. The maximum Gasteiger partial charge on any atom is 0.253 e. The molecule has 1 aliphatic heterocycles. The molecule has 2 amide bonds. The minimum Gasteiger partial charge on any atom is -0.495 e. The second kappa shape index (κ2) is 13.3. The van der Waals surface area contributed by atoms with E-state index >= 15 is 0 Å². The van der Waals surface area contributed by atoms with E-state index < -0.39 is 0 Å². The van der Waals surface area contributed by atoms with E-state index in [-0.39, 0.29) is 11.8 Å². The van der Waals surface area contributed by atoms with E-state index in [0.29, 0.717) is 17.8 Å². The Morgan fingerprint density at radius 3 is 2.12 bits per heavy atom. The molecule has 0 aromatic heterocycles. The zero-order valence-corrected chi connectivity index (χ0v) is 23.1. The minimum atomic E-state index is -0.261. The lowest BCUT2D eigenvalue weighted by atomic mass is 10.1. The fourth-order valence-electron chi connectivity index (χ4n) is 4.94. The maximum absolute atomic E-state index is 13.5. The van der Waals surface area contributed by atoms with Gasteiger partial charge in [0.05, 0.1) is 18.4 Å². The molecule has 0 radical (unpaired) electrons. The highest BCUT2D eigenvalue weighted by Crippen LogP contribution is 2.31. The van der Waals surface area contributed by atoms with Gasteiger partial charge in [-0.2, -0.15) is 0 Å². The molecule has 41 heavy (non-hydrogen) atoms. The van der Waals surface area contributed by atoms with E-state index in [0.717, 1.165) is 54.4 Å². The van der Waals surface area contributed by atoms with Crippen molar-refractivity contribution in [2.45, 2.75) is 6.54 Å². The van der Waals surface area contributed by atoms with Crippen LogP contribution < -0.4 is 25.2 Å². The Hall–Kier alpha value is -5.04. The second-order valence-corrected chi connectivity index (χ2v) is 9.78. The molecule has 1 fully saturated rings. The number of anilines is 3. The van der Waals surface area contributed by atoms with Gasteiger partial charge in [0, 0.05) is 50.2 Å². The van der Waals surface area contributed by atoms with Gasteiger partial charge in [-0.05, 0) is 47.5 Å². The van der Waals surface area contributed by atoms with Gasteiger partial charge in [-0.15, -0.1) is 0 Å². The van der Waals surface area contributed by atoms with Crippen LogP contribution >= 0.6 is 0 Å². The Morgan fingerprint density at radius 1 is 0.780 bits per heavy atom. The standard InChI is InChI=1S/C34H34N4O3/c1-41-32-15-9-8-14-31(32)38-22-20-37(21-23-38)30-18-17-28(36-33(39)19-16-26-10-4-2-5-11-26)24-29(30)34(40)35-25-27-12-6-3-7-13-27/h2-19,24H,20-23,25H2,1H3,(H,35,40)(H,36,39)/b19-16+. The van der Waals surface area contributed by atoms with Crippen molar-refractivity contribution in [2.24, 2.45) is 0 Å². The number of ether oxygens (including phenoxy) is 1. The first-order valence-corrected chi connectivity index (χ1v) is 13.7. The smallest absolute Gasteiger partial charge is 0.253 e. The number of carbonyl (C=O) groups excluding carboxylic acids is 2. The lowest BCUT2D eigenvalue weighted by molar-refractivity contribution is -0.111. The third-order valence-electron chi connectivity index (χ3n) is 7.08. The van der Waals surface area contributed by atoms with Crippen molar-refractivity contribution < 1.29 is 14.3 Å². The molecule has 1 aliphatic rings. The first-order chi connectivity index (χ1) is 20.1. The molecular formula is C34H34N4O3. The highest BCUT2D eigenvalue weighted by atomic mass is 16.5. The van der Waals surface area contributed by atoms with E-state index in [1.54, 1.807) is 19.3 Å². The second-order valence-electron chi connectivity index (χ2n) is 9.78. The SMILES string of the molecule is COc1ccccc1N1CCN(c2ccc(NC(=O)/C=C/c3ccccc3)cc2C(=O)NCc2ccccc2)CC1. The van der Waals surface area contributed by atoms with Gasteiger partial charge in [0.1, 0.15) is 5.75 Å². The van der Waals surface area contributed by atoms with Crippen LogP contribution in [0.5, 0.6) is 5.75 Å². The molecule has 208 valence electrons. The molecule has 2 N–H and O–H groups in total. The fourth-order valence-corrected chi connectivity index (χ4v) is 4.94. The Bertz CT molecular complexity index is 1500. The van der Waals surface area contributed by atoms with Crippen LogP contribution in [0.15, 0.2) is 109 Å². The molecule has 0 aliphatic carbocycles. The number of nitrogens with zero attached hydrogens (tertiary/aromatic N) is 2. The third-order valence-corrected chi connectivity index (χ3v) is 7.08. The van der Waals surface area contributed by atoms with Crippen molar-refractivity contribution in [3.63, 3.8) is 0 Å². The van der Waals surface area contributed by atoms with Gasteiger partial charge in [0.15, 0.2) is 0 Å². The van der Waals surface area contributed by atoms with Crippen LogP contribution in [0.2, 0.25) is 0 Å². The van der Waals surface area contributed by atoms with Gasteiger partial charge in [0.2, 0.25) is 5.91 Å². The quantitative estimate of drug-likeness (QED) is 0.267. The van der Waals surface area contributed by atoms with E-state index in [1.807, 2.05) is 91.0 Å². The predicted molar refractivity (Wildman–Crippen MR) is 166 cm³/mol. The molecule has 0 unspecified atom stereocenters. The summed E-state index contributed by atoms with van der Waals surface area (Å²) in [7, 11) is 1.69. The highest BCUT2D eigenvalue weighted by Gasteiger charge is 2.23. The number of amides is 2. The summed E-state index contributed by atoms with van der Waals surface area (Å²) in [5, 5.41) is 5.96. The maximum atomic E-state index is 13.5. The first-order valence-electron chi connectivity index (χ1n) is 13.7. The van der Waals surface area contributed by atoms with Gasteiger partial charge in [-0.25, -0.2) is 0 Å². The number of carbonyl (C=O) groups is 2. The van der Waals surface area contributed by atoms with Crippen molar-refractivity contribution >= 4 is 35.0 Å². The van der Waals surface area contributed by atoms with Crippen LogP contribution in [0.3, 0.4) is 0 Å². The molecule has 4 aromatic carbocycles. The molecular weight excluding hydrogens is 512 g/mol. The summed E-state index contributed by atoms with van der Waals surface area (Å²) in [4.78, 5) is 30.7. The first kappa shape index (κ1) is 27.5. The number of piperazine rings is 1. The van der Waals surface area contributed by atoms with Crippen LogP contribution in [0.4, 0.5) is 17.1 Å². The molecule has 7 heteroatoms. The molecule has 7 nitrogen and oxygen atoms in total. The Labute approximate surface area is 241 Å². The van der Waals surface area contributed by atoms with Crippen molar-refractivity contribution in [1.29, 1.82) is 0 Å². The van der Waals surface area contributed by atoms with Gasteiger partial charge >= 0.3 is 0 Å². The summed E-state index contributed by atoms with van der Waals surface area (Å²) in [6.45, 7) is 3.46. The number of nitrogens with one attached hydrogen (secondary N) is 2. The topological polar surface area (TPSA) is 73.9 Å². The Balaban J connectivity index is 1.33. The molecule has 5 rings (SSSR count). The van der Waals surface area contributed by atoms with Crippen LogP contribution in [0.1, 0.15) is 21.5 Å². The summed E-state index contributed by atoms with van der Waals surface area (Å²) in [5.41, 5.74) is 4.95. The predicted octanol–water partition coefficient (Wildman–Crippen LogP) is 5.60. The van der Waals surface area contributed by atoms with E-state index in [1.165, 1.54) is 6.08 Å². The van der Waals surface area contributed by atoms with E-state index in [9.17, 15) is 9.59 Å². The summed E-state index contributed by atoms with van der Waals surface area (Å²) >= 11 is 0. The Kier molecular flexibility index (Phi) is 8.96. The molecule has 1 saturated heterocycles. The summed E-state index contributed by atoms with van der Waals surface area (Å²) < 4.78 is 5.56. The van der Waals surface area contributed by atoms with E-state index in [2.05, 4.69) is 26.5 Å². The summed E-state index contributed by atoms with van der Waals surface area (Å²) in [5.74, 6) is 0.401. The average Bonchev–Trinajstić information content (AvgIpc) is 3.03. The Morgan fingerprint density at radius 2 is 1.41 bits per heavy atom. The van der Waals surface area contributed by atoms with E-state index in [4.69, 9.17) is 4.74 Å². The molecule has 0 atom stereocenters. The number of benzene rings is 4. The molecule has 4 aromatic rings. The van der Waals surface area contributed by atoms with Crippen molar-refractivity contribution in [3.8, 4) is 5.75 Å². The number of methoxy groups -OCH3 is 1. The molecule has 0 bridgehead atoms. The molecule has 0 spiro atoms. The van der Waals surface area contributed by atoms with Crippen LogP contribution in [0, 0.1) is 0 Å². The lowest BCUT2D eigenvalue weighted by Crippen LogP contribution is -2.47. The van der Waals surface area contributed by atoms with Crippen LogP contribution in [-0.4, -0.2) is 45.1 Å². The summed E-state index contributed by atoms with van der Waals surface area (Å²) in [6.07, 6.45) is 3.26. The normalized spacial score (nSPS) is 13.2. The highest BCUT2D eigenvalue weighted by molar-refractivity contribution is 6.05. The molecule has 0 saturated carbocycles. The van der Waals surface area contributed by atoms with Crippen molar-refractivity contribution in [1.82, 2.24) is 5.32 Å². The number of rotatable bonds is 9. The van der Waals surface area contributed by atoms with Gasteiger partial charge < -0.3 is 25.2 Å². The largest absolute Gasteiger partial charge is 0.495 e. The average molecular weight is 547 g/mol. The molecule has 1 heterocycles.